The second-order valence-corrected chi connectivity index (χ2v) is 9.22. The molecule has 0 fully saturated rings. The Labute approximate surface area is 226 Å². The fraction of sp³-hybridized carbons (Fsp3) is 0.400. The molecule has 0 radical (unpaired) electrons. The number of alkyl halides is 1. The van der Waals surface area contributed by atoms with Gasteiger partial charge in [0.05, 0.1) is 29.3 Å². The molecule has 7 nitrogen and oxygen atoms in total. The van der Waals surface area contributed by atoms with Crippen LogP contribution in [-0.2, 0) is 10.6 Å². The van der Waals surface area contributed by atoms with Gasteiger partial charge >= 0.3 is 0 Å². The molecular formula is C25H34ClFN4O3S2. The normalized spacial score (nSPS) is 11.9. The molecule has 0 saturated heterocycles. The molecule has 2 heterocycles. The lowest BCUT2D eigenvalue weighted by Crippen LogP contribution is -2.22. The summed E-state index contributed by atoms with van der Waals surface area (Å²) in [6, 6.07) is 11.3. The van der Waals surface area contributed by atoms with E-state index in [9.17, 15) is 9.18 Å². The first-order valence-electron chi connectivity index (χ1n) is 11.5. The van der Waals surface area contributed by atoms with Gasteiger partial charge in [0.25, 0.3) is 0 Å². The van der Waals surface area contributed by atoms with E-state index in [1.165, 1.54) is 23.9 Å². The number of ketones is 1. The van der Waals surface area contributed by atoms with E-state index in [2.05, 4.69) is 15.3 Å². The zero-order valence-electron chi connectivity index (χ0n) is 20.9. The van der Waals surface area contributed by atoms with Gasteiger partial charge < -0.3 is 14.6 Å². The van der Waals surface area contributed by atoms with E-state index in [-0.39, 0.29) is 29.5 Å². The van der Waals surface area contributed by atoms with E-state index in [0.717, 1.165) is 36.2 Å². The van der Waals surface area contributed by atoms with Crippen LogP contribution in [0.15, 0.2) is 48.9 Å². The average molecular weight is 557 g/mol. The third kappa shape index (κ3) is 10.5. The first kappa shape index (κ1) is 31.9. The number of hydrogen-bond donors (Lipinski definition) is 3. The van der Waals surface area contributed by atoms with Crippen LogP contribution in [0, 0.1) is 5.92 Å². The zero-order valence-corrected chi connectivity index (χ0v) is 23.3. The number of nitrogens with one attached hydrogen (secondary N) is 1. The molecule has 4 N–H and O–H groups in total. The minimum Gasteiger partial charge on any atom is -0.400 e. The number of rotatable bonds is 12. The van der Waals surface area contributed by atoms with Crippen molar-refractivity contribution in [1.82, 2.24) is 9.97 Å². The van der Waals surface area contributed by atoms with Gasteiger partial charge in [-0.25, -0.2) is 14.4 Å². The molecule has 0 spiro atoms. The summed E-state index contributed by atoms with van der Waals surface area (Å²) in [5.41, 5.74) is 1.29. The van der Waals surface area contributed by atoms with Crippen LogP contribution in [-0.4, -0.2) is 40.9 Å². The molecule has 2 atom stereocenters. The average Bonchev–Trinajstić information content (AvgIpc) is 3.37. The van der Waals surface area contributed by atoms with Crippen LogP contribution in [0.3, 0.4) is 0 Å². The lowest BCUT2D eigenvalue weighted by atomic mass is 10.0. The van der Waals surface area contributed by atoms with Gasteiger partial charge in [0.2, 0.25) is 5.78 Å². The summed E-state index contributed by atoms with van der Waals surface area (Å²) in [5.74, 6) is -0.0929. The Bertz CT molecular complexity index is 1040. The molecular weight excluding hydrogens is 523 g/mol. The molecule has 0 bridgehead atoms. The second kappa shape index (κ2) is 18.2. The Morgan fingerprint density at radius 1 is 1.31 bits per heavy atom. The van der Waals surface area contributed by atoms with Crippen molar-refractivity contribution in [2.45, 2.75) is 46.3 Å². The fourth-order valence-corrected chi connectivity index (χ4v) is 4.65. The van der Waals surface area contributed by atoms with Crippen molar-refractivity contribution >= 4 is 46.8 Å². The number of aliphatic hydroxyl groups is 1. The van der Waals surface area contributed by atoms with Crippen molar-refractivity contribution in [2.75, 3.05) is 19.0 Å². The molecule has 11 heteroatoms. The number of thiophene rings is 1. The molecule has 0 amide bonds. The fourth-order valence-electron chi connectivity index (χ4n) is 3.17. The summed E-state index contributed by atoms with van der Waals surface area (Å²) in [5, 5.41) is 15.7. The summed E-state index contributed by atoms with van der Waals surface area (Å²) in [6.07, 6.45) is 2.92. The van der Waals surface area contributed by atoms with Gasteiger partial charge in [-0.15, -0.1) is 11.3 Å². The van der Waals surface area contributed by atoms with E-state index in [0.29, 0.717) is 22.9 Å². The standard InChI is InChI=1S/C22H24ClFN4O2S2.C2H6.CH4O/c1-2-14(12-30-32-25)10-20(24)28-22-18(11-26-13-27-22)21(29)19-7-6-17(31-19)9-15-4-3-5-16(23)8-15;2*1-2/h3-8,11,13-14,20H,2,9-10,12,25H2,1H3,(H,26,27,28);1-2H3;2H,1H3. The largest absolute Gasteiger partial charge is 0.400 e. The first-order valence-corrected chi connectivity index (χ1v) is 13.5. The predicted octanol–water partition coefficient (Wildman–Crippen LogP) is 6.31. The van der Waals surface area contributed by atoms with Crippen molar-refractivity contribution in [1.29, 1.82) is 0 Å². The maximum atomic E-state index is 14.7. The summed E-state index contributed by atoms with van der Waals surface area (Å²) in [4.78, 5) is 22.7. The highest BCUT2D eigenvalue weighted by Crippen LogP contribution is 2.26. The smallest absolute Gasteiger partial charge is 0.208 e. The topological polar surface area (TPSA) is 110 Å². The molecule has 0 aliphatic rings. The molecule has 1 aromatic carbocycles. The monoisotopic (exact) mass is 556 g/mol. The van der Waals surface area contributed by atoms with Gasteiger partial charge in [0, 0.05) is 36.0 Å². The maximum Gasteiger partial charge on any atom is 0.208 e. The SMILES string of the molecule is CC.CCC(COSN)CC(F)Nc1ncncc1C(=O)c1ccc(Cc2cccc(Cl)c2)s1.CO. The Balaban J connectivity index is 0.00000154. The molecule has 0 saturated carbocycles. The third-order valence-electron chi connectivity index (χ3n) is 4.89. The highest BCUT2D eigenvalue weighted by atomic mass is 35.5. The maximum absolute atomic E-state index is 14.7. The summed E-state index contributed by atoms with van der Waals surface area (Å²) in [6.45, 7) is 6.30. The van der Waals surface area contributed by atoms with Crippen LogP contribution in [0.1, 0.15) is 59.3 Å². The second-order valence-electron chi connectivity index (χ2n) is 7.19. The van der Waals surface area contributed by atoms with Crippen LogP contribution in [0.25, 0.3) is 0 Å². The molecule has 198 valence electrons. The molecule has 36 heavy (non-hydrogen) atoms. The van der Waals surface area contributed by atoms with Gasteiger partial charge in [-0.05, 0) is 35.7 Å². The Kier molecular flexibility index (Phi) is 16.2. The van der Waals surface area contributed by atoms with Gasteiger partial charge in [-0.2, -0.15) is 0 Å². The van der Waals surface area contributed by atoms with Crippen LogP contribution in [0.4, 0.5) is 10.2 Å². The number of hydrogen-bond acceptors (Lipinski definition) is 9. The first-order chi connectivity index (χ1) is 17.5. The molecule has 0 aliphatic carbocycles. The summed E-state index contributed by atoms with van der Waals surface area (Å²) >= 11 is 8.21. The lowest BCUT2D eigenvalue weighted by Gasteiger charge is -2.18. The van der Waals surface area contributed by atoms with E-state index >= 15 is 0 Å². The number of halogens is 2. The van der Waals surface area contributed by atoms with E-state index < -0.39 is 6.30 Å². The van der Waals surface area contributed by atoms with Crippen molar-refractivity contribution in [3.8, 4) is 0 Å². The predicted molar refractivity (Wildman–Crippen MR) is 148 cm³/mol. The number of aromatic nitrogens is 2. The number of benzene rings is 1. The number of nitrogens with two attached hydrogens (primary N) is 1. The van der Waals surface area contributed by atoms with Gasteiger partial charge in [0.1, 0.15) is 12.1 Å². The number of anilines is 1. The summed E-state index contributed by atoms with van der Waals surface area (Å²) in [7, 11) is 1.00. The molecule has 0 aliphatic heterocycles. The van der Waals surface area contributed by atoms with Crippen molar-refractivity contribution < 1.29 is 18.5 Å². The van der Waals surface area contributed by atoms with Crippen LogP contribution in [0.2, 0.25) is 5.02 Å². The molecule has 3 rings (SSSR count). The highest BCUT2D eigenvalue weighted by Gasteiger charge is 2.21. The quantitative estimate of drug-likeness (QED) is 0.103. The number of aliphatic hydroxyl groups excluding tert-OH is 1. The van der Waals surface area contributed by atoms with Crippen LogP contribution in [0.5, 0.6) is 0 Å². The Hall–Kier alpha value is -2.08. The van der Waals surface area contributed by atoms with Crippen LogP contribution < -0.4 is 10.5 Å². The number of carbonyl (C=O) groups is 1. The number of nitrogens with zero attached hydrogens (tertiary/aromatic N) is 2. The van der Waals surface area contributed by atoms with Crippen molar-refractivity contribution in [3.63, 3.8) is 0 Å². The number of carbonyl (C=O) groups excluding carboxylic acids is 1. The van der Waals surface area contributed by atoms with Gasteiger partial charge in [0.15, 0.2) is 6.30 Å². The molecule has 2 unspecified atom stereocenters. The van der Waals surface area contributed by atoms with E-state index in [1.807, 2.05) is 51.1 Å². The minimum atomic E-state index is -1.39. The Morgan fingerprint density at radius 2 is 2.06 bits per heavy atom. The third-order valence-corrected chi connectivity index (χ3v) is 6.48. The van der Waals surface area contributed by atoms with Gasteiger partial charge in [-0.3, -0.25) is 9.93 Å². The molecule has 3 aromatic rings. The van der Waals surface area contributed by atoms with Crippen molar-refractivity contribution in [2.24, 2.45) is 11.1 Å². The molecule has 2 aromatic heterocycles. The lowest BCUT2D eigenvalue weighted by molar-refractivity contribution is 0.104. The zero-order chi connectivity index (χ0) is 26.9. The Morgan fingerprint density at radius 3 is 2.72 bits per heavy atom. The highest BCUT2D eigenvalue weighted by molar-refractivity contribution is 7.92. The van der Waals surface area contributed by atoms with Crippen LogP contribution >= 0.6 is 35.2 Å². The van der Waals surface area contributed by atoms with E-state index in [1.54, 1.807) is 6.07 Å². The minimum absolute atomic E-state index is 0.0131. The van der Waals surface area contributed by atoms with E-state index in [4.69, 9.17) is 26.0 Å². The van der Waals surface area contributed by atoms with Gasteiger partial charge in [-0.1, -0.05) is 50.9 Å². The summed E-state index contributed by atoms with van der Waals surface area (Å²) < 4.78 is 19.8. The van der Waals surface area contributed by atoms with Crippen molar-refractivity contribution in [3.05, 3.63) is 74.8 Å².